The highest BCUT2D eigenvalue weighted by Crippen LogP contribution is 2.50. The van der Waals surface area contributed by atoms with Gasteiger partial charge in [0.05, 0.1) is 16.7 Å². The smallest absolute Gasteiger partial charge is 0.0582 e. The van der Waals surface area contributed by atoms with E-state index in [-0.39, 0.29) is 21.7 Å². The zero-order valence-corrected chi connectivity index (χ0v) is 33.0. The first-order valence-electron chi connectivity index (χ1n) is 19.0. The Morgan fingerprint density at radius 2 is 0.769 bits per heavy atom. The number of rotatable bonds is 3. The first-order chi connectivity index (χ1) is 24.4. The summed E-state index contributed by atoms with van der Waals surface area (Å²) in [5.74, 6) is 0. The highest BCUT2D eigenvalue weighted by molar-refractivity contribution is 6.14. The van der Waals surface area contributed by atoms with Crippen molar-refractivity contribution >= 4 is 21.8 Å². The van der Waals surface area contributed by atoms with E-state index in [0.29, 0.717) is 0 Å². The lowest BCUT2D eigenvalue weighted by atomic mass is 9.73. The molecule has 2 heterocycles. The third-order valence-electron chi connectivity index (χ3n) is 11.7. The maximum atomic E-state index is 2.55. The van der Waals surface area contributed by atoms with Gasteiger partial charge in [0, 0.05) is 16.2 Å². The van der Waals surface area contributed by atoms with Crippen molar-refractivity contribution in [1.82, 2.24) is 4.57 Å². The fourth-order valence-corrected chi connectivity index (χ4v) is 8.27. The summed E-state index contributed by atoms with van der Waals surface area (Å²) in [6, 6.07) is 46.8. The Hall–Kier alpha value is -4.88. The van der Waals surface area contributed by atoms with Crippen molar-refractivity contribution in [2.45, 2.75) is 97.8 Å². The fraction of sp³-hybridized carbons (Fsp3) is 0.294. The summed E-state index contributed by atoms with van der Waals surface area (Å²) in [5, 5.41) is 2.61. The molecule has 1 nitrogen and oxygen atoms in total. The van der Waals surface area contributed by atoms with Crippen molar-refractivity contribution < 1.29 is 0 Å². The number of hydrogen-bond donors (Lipinski definition) is 0. The molecule has 0 amide bonds. The minimum Gasteiger partial charge on any atom is -0.309 e. The Morgan fingerprint density at radius 1 is 0.385 bits per heavy atom. The highest BCUT2D eigenvalue weighted by atomic mass is 15.0. The molecule has 0 saturated heterocycles. The first kappa shape index (κ1) is 34.2. The van der Waals surface area contributed by atoms with Crippen LogP contribution in [0.2, 0.25) is 0 Å². The number of hydrogen-bond acceptors (Lipinski definition) is 0. The van der Waals surface area contributed by atoms with Gasteiger partial charge in [-0.15, -0.1) is 0 Å². The van der Waals surface area contributed by atoms with Gasteiger partial charge in [0.1, 0.15) is 0 Å². The summed E-state index contributed by atoms with van der Waals surface area (Å²) in [6.45, 7) is 25.4. The maximum absolute atomic E-state index is 2.55. The fourth-order valence-electron chi connectivity index (χ4n) is 8.27. The Kier molecular flexibility index (Phi) is 7.61. The normalized spacial score (nSPS) is 14.2. The van der Waals surface area contributed by atoms with E-state index in [1.807, 2.05) is 0 Å². The second kappa shape index (κ2) is 11.6. The summed E-state index contributed by atoms with van der Waals surface area (Å²) < 4.78 is 2.55. The lowest BCUT2D eigenvalue weighted by molar-refractivity contribution is 0.590. The zero-order chi connectivity index (χ0) is 37.0. The molecule has 1 aromatic heterocycles. The highest BCUT2D eigenvalue weighted by Gasteiger charge is 2.36. The van der Waals surface area contributed by atoms with Crippen LogP contribution in [-0.4, -0.2) is 4.57 Å². The Labute approximate surface area is 311 Å². The largest absolute Gasteiger partial charge is 0.309 e. The van der Waals surface area contributed by atoms with Gasteiger partial charge in [-0.25, -0.2) is 0 Å². The Morgan fingerprint density at radius 3 is 1.25 bits per heavy atom. The average Bonchev–Trinajstić information content (AvgIpc) is 3.43. The summed E-state index contributed by atoms with van der Waals surface area (Å²) in [7, 11) is 0. The van der Waals surface area contributed by atoms with Gasteiger partial charge in [0.25, 0.3) is 0 Å². The molecular formula is C51H53N. The molecule has 0 bridgehead atoms. The van der Waals surface area contributed by atoms with Crippen LogP contribution in [0, 0.1) is 0 Å². The van der Waals surface area contributed by atoms with Crippen LogP contribution in [0.4, 0.5) is 0 Å². The predicted octanol–water partition coefficient (Wildman–Crippen LogP) is 14.3. The lowest BCUT2D eigenvalue weighted by Gasteiger charge is -2.35. The van der Waals surface area contributed by atoms with Crippen molar-refractivity contribution in [3.8, 4) is 39.1 Å². The minimum atomic E-state index is -0.216. The van der Waals surface area contributed by atoms with Crippen LogP contribution >= 0.6 is 0 Å². The van der Waals surface area contributed by atoms with Gasteiger partial charge in [-0.05, 0) is 114 Å². The van der Waals surface area contributed by atoms with Crippen molar-refractivity contribution in [1.29, 1.82) is 0 Å². The second-order valence-corrected chi connectivity index (χ2v) is 18.8. The lowest BCUT2D eigenvalue weighted by Crippen LogP contribution is -2.26. The SMILES string of the molecule is CC(C)(C)c1ccc(-c2ccc3c(c2)C(C)(C)c2cc(-c4ccc(C(C)(C)C)cc4)cc4c5cc(-c6ccc(C(C)(C)C)cc6)ccc5n-3c24)cc1. The van der Waals surface area contributed by atoms with Crippen molar-refractivity contribution in [2.75, 3.05) is 0 Å². The molecule has 0 atom stereocenters. The maximum Gasteiger partial charge on any atom is 0.0582 e. The van der Waals surface area contributed by atoms with Gasteiger partial charge in [0.15, 0.2) is 0 Å². The van der Waals surface area contributed by atoms with Crippen molar-refractivity contribution in [3.63, 3.8) is 0 Å². The van der Waals surface area contributed by atoms with Crippen LogP contribution < -0.4 is 0 Å². The van der Waals surface area contributed by atoms with E-state index in [4.69, 9.17) is 0 Å². The molecule has 1 aliphatic rings. The van der Waals surface area contributed by atoms with Crippen LogP contribution in [0.5, 0.6) is 0 Å². The van der Waals surface area contributed by atoms with E-state index in [1.54, 1.807) is 0 Å². The molecule has 8 rings (SSSR count). The van der Waals surface area contributed by atoms with Gasteiger partial charge < -0.3 is 4.57 Å². The van der Waals surface area contributed by atoms with Crippen molar-refractivity contribution in [3.05, 3.63) is 149 Å². The quantitative estimate of drug-likeness (QED) is 0.175. The Balaban J connectivity index is 1.36. The standard InChI is InChI=1S/C51H53N/c1-48(2,3)38-20-12-32(13-21-38)35-18-26-45-41(28-35)42-29-37(34-16-24-40(25-17-34)50(7,8)9)31-44-47(42)52(45)46-27-19-36(30-43(46)51(44,10)11)33-14-22-39(23-15-33)49(4,5)6/h12-31H,1-11H3. The predicted molar refractivity (Wildman–Crippen MR) is 225 cm³/mol. The van der Waals surface area contributed by atoms with Crippen molar-refractivity contribution in [2.24, 2.45) is 0 Å². The third-order valence-corrected chi connectivity index (χ3v) is 11.7. The topological polar surface area (TPSA) is 4.93 Å². The monoisotopic (exact) mass is 679 g/mol. The first-order valence-corrected chi connectivity index (χ1v) is 19.0. The molecule has 0 radical (unpaired) electrons. The average molecular weight is 680 g/mol. The van der Waals surface area contributed by atoms with Gasteiger partial charge in [-0.3, -0.25) is 0 Å². The number of fused-ring (bicyclic) bond motifs is 5. The van der Waals surface area contributed by atoms with E-state index >= 15 is 0 Å². The molecule has 6 aromatic carbocycles. The van der Waals surface area contributed by atoms with Crippen LogP contribution in [0.1, 0.15) is 104 Å². The molecule has 0 unspecified atom stereocenters. The summed E-state index contributed by atoms with van der Waals surface area (Å²) in [6.07, 6.45) is 0. The minimum absolute atomic E-state index is 0.111. The molecule has 0 saturated carbocycles. The molecule has 0 aliphatic carbocycles. The summed E-state index contributed by atoms with van der Waals surface area (Å²) in [4.78, 5) is 0. The van der Waals surface area contributed by atoms with Crippen LogP contribution in [0.25, 0.3) is 60.9 Å². The van der Waals surface area contributed by atoms with Gasteiger partial charge in [-0.2, -0.15) is 0 Å². The van der Waals surface area contributed by atoms with E-state index in [9.17, 15) is 0 Å². The number of benzene rings is 6. The molecular weight excluding hydrogens is 627 g/mol. The van der Waals surface area contributed by atoms with Gasteiger partial charge >= 0.3 is 0 Å². The molecule has 52 heavy (non-hydrogen) atoms. The molecule has 7 aromatic rings. The second-order valence-electron chi connectivity index (χ2n) is 18.8. The molecule has 262 valence electrons. The van der Waals surface area contributed by atoms with Crippen LogP contribution in [-0.2, 0) is 21.7 Å². The zero-order valence-electron chi connectivity index (χ0n) is 33.0. The Bertz CT molecular complexity index is 2480. The molecule has 1 aliphatic heterocycles. The van der Waals surface area contributed by atoms with E-state index < -0.39 is 0 Å². The molecule has 1 heteroatoms. The van der Waals surface area contributed by atoms with E-state index in [1.165, 1.54) is 88.7 Å². The molecule has 0 N–H and O–H groups in total. The van der Waals surface area contributed by atoms with Crippen LogP contribution in [0.15, 0.2) is 121 Å². The number of nitrogens with zero attached hydrogens (tertiary/aromatic N) is 1. The number of aromatic nitrogens is 1. The summed E-state index contributed by atoms with van der Waals surface area (Å²) >= 11 is 0. The third kappa shape index (κ3) is 5.61. The van der Waals surface area contributed by atoms with E-state index in [2.05, 4.69) is 202 Å². The van der Waals surface area contributed by atoms with Gasteiger partial charge in [0.2, 0.25) is 0 Å². The van der Waals surface area contributed by atoms with Crippen LogP contribution in [0.3, 0.4) is 0 Å². The molecule has 0 fully saturated rings. The summed E-state index contributed by atoms with van der Waals surface area (Å²) in [5.41, 5.74) is 18.4. The molecule has 0 spiro atoms. The van der Waals surface area contributed by atoms with Gasteiger partial charge in [-0.1, -0.05) is 161 Å². The van der Waals surface area contributed by atoms with E-state index in [0.717, 1.165) is 0 Å².